The number of thiophene rings is 1. The first-order chi connectivity index (χ1) is 14.3. The zero-order valence-corrected chi connectivity index (χ0v) is 17.0. The van der Waals surface area contributed by atoms with Gasteiger partial charge in [-0.2, -0.15) is 0 Å². The third-order valence-corrected chi connectivity index (χ3v) is 5.62. The molecule has 30 heavy (non-hydrogen) atoms. The fraction of sp³-hybridized carbons (Fsp3) is 0.105. The minimum atomic E-state index is -0.873. The zero-order valence-electron chi connectivity index (χ0n) is 15.4. The van der Waals surface area contributed by atoms with Gasteiger partial charge in [-0.15, -0.1) is 11.3 Å². The van der Waals surface area contributed by atoms with Gasteiger partial charge >= 0.3 is 5.69 Å². The maximum absolute atomic E-state index is 13.4. The largest absolute Gasteiger partial charge is 0.364 e. The quantitative estimate of drug-likeness (QED) is 0.474. The molecule has 0 fully saturated rings. The lowest BCUT2D eigenvalue weighted by molar-refractivity contribution is 0.0969. The summed E-state index contributed by atoms with van der Waals surface area (Å²) in [6.45, 7) is 1.16. The minimum Gasteiger partial charge on any atom is -0.364 e. The average molecular weight is 446 g/mol. The van der Waals surface area contributed by atoms with E-state index in [2.05, 4.69) is 9.97 Å². The Bertz CT molecular complexity index is 1370. The molecular formula is C19H13ClFN5O3S. The molecule has 0 atom stereocenters. The number of ketones is 1. The third kappa shape index (κ3) is 3.40. The van der Waals surface area contributed by atoms with Gasteiger partial charge in [0.2, 0.25) is 0 Å². The summed E-state index contributed by atoms with van der Waals surface area (Å²) in [4.78, 5) is 46.7. The van der Waals surface area contributed by atoms with E-state index in [4.69, 9.17) is 17.3 Å². The van der Waals surface area contributed by atoms with Crippen LogP contribution in [0.15, 0.2) is 41.2 Å². The molecule has 4 aromatic rings. The van der Waals surface area contributed by atoms with Crippen LogP contribution >= 0.6 is 22.9 Å². The number of imidazole rings is 1. The second-order valence-electron chi connectivity index (χ2n) is 6.36. The van der Waals surface area contributed by atoms with Crippen molar-refractivity contribution in [2.75, 3.05) is 0 Å². The van der Waals surface area contributed by atoms with E-state index in [0.29, 0.717) is 14.9 Å². The number of rotatable bonds is 5. The maximum atomic E-state index is 13.4. The highest BCUT2D eigenvalue weighted by Gasteiger charge is 2.25. The fourth-order valence-corrected chi connectivity index (χ4v) is 4.06. The lowest BCUT2D eigenvalue weighted by Crippen LogP contribution is -2.27. The summed E-state index contributed by atoms with van der Waals surface area (Å²) in [5, 5.41) is 0. The van der Waals surface area contributed by atoms with Crippen molar-refractivity contribution < 1.29 is 14.0 Å². The van der Waals surface area contributed by atoms with E-state index in [-0.39, 0.29) is 35.0 Å². The Balaban J connectivity index is 2.00. The minimum absolute atomic E-state index is 0.0263. The summed E-state index contributed by atoms with van der Waals surface area (Å²) in [5.74, 6) is -1.53. The summed E-state index contributed by atoms with van der Waals surface area (Å²) in [6, 6.07) is 8.28. The number of amides is 1. The van der Waals surface area contributed by atoms with E-state index in [1.54, 1.807) is 19.1 Å². The van der Waals surface area contributed by atoms with Crippen molar-refractivity contribution in [1.82, 2.24) is 19.1 Å². The Morgan fingerprint density at radius 3 is 2.47 bits per heavy atom. The Labute approximate surface area is 177 Å². The number of hydrogen-bond acceptors (Lipinski definition) is 6. The van der Waals surface area contributed by atoms with E-state index in [1.807, 2.05) is 0 Å². The number of fused-ring (bicyclic) bond motifs is 1. The summed E-state index contributed by atoms with van der Waals surface area (Å²) in [6.07, 6.45) is 0. The van der Waals surface area contributed by atoms with E-state index in [9.17, 15) is 18.8 Å². The molecule has 2 N–H and O–H groups in total. The number of hydrogen-bond donors (Lipinski definition) is 1. The van der Waals surface area contributed by atoms with Crippen molar-refractivity contribution in [3.05, 3.63) is 73.4 Å². The molecule has 4 rings (SSSR count). The first-order valence-corrected chi connectivity index (χ1v) is 9.80. The van der Waals surface area contributed by atoms with Gasteiger partial charge in [0.15, 0.2) is 17.1 Å². The molecule has 152 valence electrons. The highest BCUT2D eigenvalue weighted by atomic mass is 35.5. The molecule has 0 aliphatic rings. The van der Waals surface area contributed by atoms with Crippen LogP contribution in [-0.2, 0) is 6.54 Å². The van der Waals surface area contributed by atoms with Crippen molar-refractivity contribution in [3.63, 3.8) is 0 Å². The van der Waals surface area contributed by atoms with Gasteiger partial charge in [0.05, 0.1) is 21.4 Å². The van der Waals surface area contributed by atoms with Crippen molar-refractivity contribution >= 4 is 45.8 Å². The molecule has 0 spiro atoms. The molecule has 0 aliphatic carbocycles. The fourth-order valence-electron chi connectivity index (χ4n) is 3.09. The normalized spacial score (nSPS) is 11.2. The molecule has 11 heteroatoms. The summed E-state index contributed by atoms with van der Waals surface area (Å²) in [7, 11) is 0. The molecule has 0 saturated carbocycles. The van der Waals surface area contributed by atoms with Crippen LogP contribution in [0.1, 0.15) is 26.0 Å². The number of aromatic nitrogens is 4. The SMILES string of the molecule is Cc1nc(C(N)=O)c2c(n1)n(-c1ccc(F)cc1)c(=O)n2CC(=O)c1ccc(Cl)s1. The number of primary amides is 1. The van der Waals surface area contributed by atoms with Crippen molar-refractivity contribution in [3.8, 4) is 5.69 Å². The van der Waals surface area contributed by atoms with E-state index in [0.717, 1.165) is 15.9 Å². The molecule has 1 amide bonds. The monoisotopic (exact) mass is 445 g/mol. The highest BCUT2D eigenvalue weighted by Crippen LogP contribution is 2.24. The number of nitrogens with zero attached hydrogens (tertiary/aromatic N) is 4. The highest BCUT2D eigenvalue weighted by molar-refractivity contribution is 7.18. The molecule has 0 unspecified atom stereocenters. The summed E-state index contributed by atoms with van der Waals surface area (Å²) < 4.78 is 16.1. The van der Waals surface area contributed by atoms with Crippen LogP contribution in [0.2, 0.25) is 4.34 Å². The average Bonchev–Trinajstić information content (AvgIpc) is 3.24. The predicted molar refractivity (Wildman–Crippen MR) is 110 cm³/mol. The molecule has 0 bridgehead atoms. The van der Waals surface area contributed by atoms with Gasteiger partial charge in [0.1, 0.15) is 17.2 Å². The number of Topliss-reactive ketones (excluding diaryl/α,β-unsaturated/α-hetero) is 1. The zero-order chi connectivity index (χ0) is 21.6. The lowest BCUT2D eigenvalue weighted by atomic mass is 10.3. The topological polar surface area (TPSA) is 113 Å². The van der Waals surface area contributed by atoms with Gasteiger partial charge in [-0.1, -0.05) is 11.6 Å². The van der Waals surface area contributed by atoms with Crippen LogP contribution < -0.4 is 11.4 Å². The van der Waals surface area contributed by atoms with Crippen LogP contribution in [0.3, 0.4) is 0 Å². The Kier molecular flexibility index (Phi) is 4.96. The number of halogens is 2. The van der Waals surface area contributed by atoms with Gasteiger partial charge < -0.3 is 5.73 Å². The number of carbonyl (C=O) groups excluding carboxylic acids is 2. The van der Waals surface area contributed by atoms with Crippen LogP contribution in [0, 0.1) is 12.7 Å². The number of aryl methyl sites for hydroxylation is 1. The van der Waals surface area contributed by atoms with Crippen LogP contribution in [0.4, 0.5) is 4.39 Å². The molecule has 3 heterocycles. The molecule has 0 saturated heterocycles. The van der Waals surface area contributed by atoms with Crippen molar-refractivity contribution in [2.45, 2.75) is 13.5 Å². The standard InChI is InChI=1S/C19H13ClFN5O3S/c1-9-23-15(17(22)28)16-18(24-9)26(11-4-2-10(21)3-5-11)19(29)25(16)8-12(27)13-6-7-14(20)30-13/h2-7H,8H2,1H3,(H2,22,28). The van der Waals surface area contributed by atoms with Gasteiger partial charge in [0.25, 0.3) is 5.91 Å². The van der Waals surface area contributed by atoms with Gasteiger partial charge in [-0.3, -0.25) is 14.2 Å². The molecule has 0 radical (unpaired) electrons. The van der Waals surface area contributed by atoms with E-state index in [1.165, 1.54) is 28.8 Å². The first-order valence-electron chi connectivity index (χ1n) is 8.60. The van der Waals surface area contributed by atoms with Crippen molar-refractivity contribution in [1.29, 1.82) is 0 Å². The molecular weight excluding hydrogens is 433 g/mol. The van der Waals surface area contributed by atoms with Gasteiger partial charge in [0, 0.05) is 0 Å². The second kappa shape index (κ2) is 7.47. The molecule has 8 nitrogen and oxygen atoms in total. The third-order valence-electron chi connectivity index (χ3n) is 4.35. The summed E-state index contributed by atoms with van der Waals surface area (Å²) in [5.41, 5.74) is 5.07. The van der Waals surface area contributed by atoms with E-state index >= 15 is 0 Å². The molecule has 0 aliphatic heterocycles. The maximum Gasteiger partial charge on any atom is 0.335 e. The number of carbonyl (C=O) groups is 2. The molecule has 3 aromatic heterocycles. The number of benzene rings is 1. The summed E-state index contributed by atoms with van der Waals surface area (Å²) >= 11 is 6.97. The van der Waals surface area contributed by atoms with Gasteiger partial charge in [-0.25, -0.2) is 23.7 Å². The molecule has 1 aromatic carbocycles. The van der Waals surface area contributed by atoms with Gasteiger partial charge in [-0.05, 0) is 43.3 Å². The van der Waals surface area contributed by atoms with Crippen LogP contribution in [0.5, 0.6) is 0 Å². The van der Waals surface area contributed by atoms with Crippen molar-refractivity contribution in [2.24, 2.45) is 5.73 Å². The van der Waals surface area contributed by atoms with E-state index < -0.39 is 17.4 Å². The second-order valence-corrected chi connectivity index (χ2v) is 8.08. The first kappa shape index (κ1) is 19.9. The Morgan fingerprint density at radius 1 is 1.17 bits per heavy atom. The Hall–Kier alpha value is -3.37. The smallest absolute Gasteiger partial charge is 0.335 e. The lowest BCUT2D eigenvalue weighted by Gasteiger charge is -2.05. The predicted octanol–water partition coefficient (Wildman–Crippen LogP) is 2.73. The number of nitrogens with two attached hydrogens (primary N) is 1. The Morgan fingerprint density at radius 2 is 1.87 bits per heavy atom. The van der Waals surface area contributed by atoms with Crippen LogP contribution in [-0.4, -0.2) is 30.8 Å². The van der Waals surface area contributed by atoms with Crippen LogP contribution in [0.25, 0.3) is 16.9 Å².